The Balaban J connectivity index is 3.36. The molecular weight excluding hydrogens is 360 g/mol. The molecule has 0 spiro atoms. The molecule has 9 nitrogen and oxygen atoms in total. The predicted octanol–water partition coefficient (Wildman–Crippen LogP) is 1.16. The van der Waals surface area contributed by atoms with Crippen LogP contribution in [0, 0.1) is 5.41 Å². The van der Waals surface area contributed by atoms with Gasteiger partial charge in [-0.15, -0.1) is 0 Å². The minimum atomic E-state index is -1.12. The summed E-state index contributed by atoms with van der Waals surface area (Å²) in [7, 11) is 0. The molecule has 1 aliphatic rings. The summed E-state index contributed by atoms with van der Waals surface area (Å²) >= 11 is 0. The van der Waals surface area contributed by atoms with Gasteiger partial charge in [0.05, 0.1) is 0 Å². The fourth-order valence-electron chi connectivity index (χ4n) is 2.93. The first-order valence-electron chi connectivity index (χ1n) is 8.63. The largest absolute Gasteiger partial charge is 0.463 e. The molecule has 0 N–H and O–H groups in total. The minimum Gasteiger partial charge on any atom is -0.463 e. The Labute approximate surface area is 158 Å². The second-order valence-electron chi connectivity index (χ2n) is 7.49. The molecule has 0 aromatic carbocycles. The number of carbonyl (C=O) groups is 4. The van der Waals surface area contributed by atoms with Crippen LogP contribution >= 0.6 is 0 Å². The molecule has 154 valence electrons. The van der Waals surface area contributed by atoms with Gasteiger partial charge >= 0.3 is 23.9 Å². The van der Waals surface area contributed by atoms with E-state index in [2.05, 4.69) is 0 Å². The molecule has 1 saturated heterocycles. The Morgan fingerprint density at radius 2 is 1.19 bits per heavy atom. The molecule has 0 aromatic rings. The first-order valence-corrected chi connectivity index (χ1v) is 8.63. The lowest BCUT2D eigenvalue weighted by atomic mass is 9.80. The Morgan fingerprint density at radius 3 is 1.59 bits per heavy atom. The van der Waals surface area contributed by atoms with Gasteiger partial charge in [-0.2, -0.15) is 0 Å². The molecule has 1 aliphatic heterocycles. The Bertz CT molecular complexity index is 578. The molecule has 0 saturated carbocycles. The van der Waals surface area contributed by atoms with Crippen LogP contribution < -0.4 is 0 Å². The molecule has 0 unspecified atom stereocenters. The van der Waals surface area contributed by atoms with Gasteiger partial charge < -0.3 is 23.7 Å². The summed E-state index contributed by atoms with van der Waals surface area (Å²) in [6, 6.07) is 0. The molecule has 1 fully saturated rings. The third kappa shape index (κ3) is 6.82. The van der Waals surface area contributed by atoms with E-state index in [4.69, 9.17) is 23.7 Å². The summed E-state index contributed by atoms with van der Waals surface area (Å²) in [4.78, 5) is 46.1. The summed E-state index contributed by atoms with van der Waals surface area (Å²) in [6.07, 6.45) is -4.86. The number of ether oxygens (including phenoxy) is 5. The van der Waals surface area contributed by atoms with E-state index in [1.54, 1.807) is 0 Å². The highest BCUT2D eigenvalue weighted by Gasteiger charge is 2.54. The second-order valence-corrected chi connectivity index (χ2v) is 7.49. The van der Waals surface area contributed by atoms with Gasteiger partial charge in [-0.25, -0.2) is 0 Å². The van der Waals surface area contributed by atoms with Gasteiger partial charge in [-0.1, -0.05) is 20.8 Å². The van der Waals surface area contributed by atoms with Crippen molar-refractivity contribution >= 4 is 23.9 Å². The average Bonchev–Trinajstić information content (AvgIpc) is 2.46. The normalized spacial score (nSPS) is 28.0. The number of esters is 4. The smallest absolute Gasteiger partial charge is 0.303 e. The van der Waals surface area contributed by atoms with E-state index in [0.29, 0.717) is 0 Å². The fraction of sp³-hybridized carbons (Fsp3) is 0.778. The van der Waals surface area contributed by atoms with Crippen molar-refractivity contribution in [3.05, 3.63) is 0 Å². The van der Waals surface area contributed by atoms with Crippen LogP contribution in [0.15, 0.2) is 0 Å². The van der Waals surface area contributed by atoms with Crippen molar-refractivity contribution in [3.8, 4) is 0 Å². The summed E-state index contributed by atoms with van der Waals surface area (Å²) in [5, 5.41) is 0. The summed E-state index contributed by atoms with van der Waals surface area (Å²) in [5.74, 6) is -2.44. The Hall–Kier alpha value is -2.16. The van der Waals surface area contributed by atoms with Crippen LogP contribution in [0.2, 0.25) is 0 Å². The molecule has 27 heavy (non-hydrogen) atoms. The van der Waals surface area contributed by atoms with Gasteiger partial charge in [0.15, 0.2) is 18.3 Å². The average molecular weight is 388 g/mol. The van der Waals surface area contributed by atoms with Crippen LogP contribution in [-0.4, -0.2) is 61.0 Å². The maximum Gasteiger partial charge on any atom is 0.303 e. The van der Waals surface area contributed by atoms with Crippen molar-refractivity contribution in [2.45, 2.75) is 79.0 Å². The first-order chi connectivity index (χ1) is 12.3. The van der Waals surface area contributed by atoms with E-state index in [0.717, 1.165) is 0 Å². The Kier molecular flexibility index (Phi) is 7.77. The van der Waals surface area contributed by atoms with Crippen molar-refractivity contribution in [2.24, 2.45) is 5.41 Å². The molecule has 5 atom stereocenters. The lowest BCUT2D eigenvalue weighted by Gasteiger charge is -2.48. The van der Waals surface area contributed by atoms with Crippen LogP contribution in [0.3, 0.4) is 0 Å². The SMILES string of the molecule is CC(=O)OC[C@H]1O[C@@H](C(C)(C)C)[C@H](OC(C)=O)[C@@H](OC(C)=O)[C@H]1OC(C)=O. The molecule has 0 aromatic heterocycles. The van der Waals surface area contributed by atoms with E-state index < -0.39 is 59.8 Å². The van der Waals surface area contributed by atoms with Crippen LogP contribution in [-0.2, 0) is 42.9 Å². The van der Waals surface area contributed by atoms with Gasteiger partial charge in [0.2, 0.25) is 0 Å². The summed E-state index contributed by atoms with van der Waals surface area (Å²) in [5.41, 5.74) is -0.534. The van der Waals surface area contributed by atoms with Gasteiger partial charge in [-0.3, -0.25) is 19.2 Å². The maximum absolute atomic E-state index is 11.7. The quantitative estimate of drug-likeness (QED) is 0.505. The van der Waals surface area contributed by atoms with Crippen molar-refractivity contribution in [1.29, 1.82) is 0 Å². The molecule has 0 radical (unpaired) electrons. The summed E-state index contributed by atoms with van der Waals surface area (Å²) < 4.78 is 27.1. The maximum atomic E-state index is 11.7. The molecular formula is C18H28O9. The zero-order valence-electron chi connectivity index (χ0n) is 16.8. The lowest BCUT2D eigenvalue weighted by Crippen LogP contribution is -2.64. The molecule has 0 aliphatic carbocycles. The highest BCUT2D eigenvalue weighted by molar-refractivity contribution is 5.68. The van der Waals surface area contributed by atoms with Crippen LogP contribution in [0.4, 0.5) is 0 Å². The highest BCUT2D eigenvalue weighted by atomic mass is 16.7. The lowest BCUT2D eigenvalue weighted by molar-refractivity contribution is -0.267. The standard InChI is InChI=1S/C18H28O9/c1-9(19)23-8-13-14(24-10(2)20)15(25-11(3)21)16(26-12(4)22)17(27-13)18(5,6)7/h13-17H,8H2,1-7H3/t13-,14+,15+,16-,17-/m1/s1. The van der Waals surface area contributed by atoms with E-state index in [-0.39, 0.29) is 6.61 Å². The van der Waals surface area contributed by atoms with Gasteiger partial charge in [0.1, 0.15) is 18.8 Å². The van der Waals surface area contributed by atoms with Crippen LogP contribution in [0.5, 0.6) is 0 Å². The number of hydrogen-bond acceptors (Lipinski definition) is 9. The van der Waals surface area contributed by atoms with E-state index >= 15 is 0 Å². The second kappa shape index (κ2) is 9.16. The van der Waals surface area contributed by atoms with E-state index in [9.17, 15) is 19.2 Å². The number of hydrogen-bond donors (Lipinski definition) is 0. The molecule has 0 amide bonds. The topological polar surface area (TPSA) is 114 Å². The molecule has 1 rings (SSSR count). The van der Waals surface area contributed by atoms with Gasteiger partial charge in [0.25, 0.3) is 0 Å². The zero-order chi connectivity index (χ0) is 20.9. The van der Waals surface area contributed by atoms with Crippen molar-refractivity contribution < 1.29 is 42.9 Å². The van der Waals surface area contributed by atoms with Crippen molar-refractivity contribution in [3.63, 3.8) is 0 Å². The van der Waals surface area contributed by atoms with Gasteiger partial charge in [0, 0.05) is 27.7 Å². The van der Waals surface area contributed by atoms with E-state index in [1.165, 1.54) is 27.7 Å². The van der Waals surface area contributed by atoms with E-state index in [1.807, 2.05) is 20.8 Å². The fourth-order valence-corrected chi connectivity index (χ4v) is 2.93. The molecule has 9 heteroatoms. The monoisotopic (exact) mass is 388 g/mol. The van der Waals surface area contributed by atoms with Crippen LogP contribution in [0.1, 0.15) is 48.5 Å². The Morgan fingerprint density at radius 1 is 0.741 bits per heavy atom. The third-order valence-corrected chi connectivity index (χ3v) is 3.84. The van der Waals surface area contributed by atoms with Crippen molar-refractivity contribution in [1.82, 2.24) is 0 Å². The molecule has 0 bridgehead atoms. The third-order valence-electron chi connectivity index (χ3n) is 3.84. The summed E-state index contributed by atoms with van der Waals surface area (Å²) in [6.45, 7) is 10.2. The first kappa shape index (κ1) is 22.9. The number of carbonyl (C=O) groups excluding carboxylic acids is 4. The zero-order valence-corrected chi connectivity index (χ0v) is 16.8. The van der Waals surface area contributed by atoms with Gasteiger partial charge in [-0.05, 0) is 5.41 Å². The number of rotatable bonds is 5. The van der Waals surface area contributed by atoms with Crippen LogP contribution in [0.25, 0.3) is 0 Å². The minimum absolute atomic E-state index is 0.218. The highest BCUT2D eigenvalue weighted by Crippen LogP contribution is 2.37. The van der Waals surface area contributed by atoms with Crippen molar-refractivity contribution in [2.75, 3.05) is 6.61 Å². The molecule has 1 heterocycles. The predicted molar refractivity (Wildman–Crippen MR) is 91.4 cm³/mol.